The minimum absolute atomic E-state index is 0.555. The van der Waals surface area contributed by atoms with Crippen molar-refractivity contribution in [2.45, 2.75) is 19.3 Å². The summed E-state index contributed by atoms with van der Waals surface area (Å²) in [6.07, 6.45) is 7.20. The van der Waals surface area contributed by atoms with Crippen LogP contribution in [0.25, 0.3) is 5.57 Å². The molecule has 0 saturated heterocycles. The monoisotopic (exact) mass is 244 g/mol. The quantitative estimate of drug-likeness (QED) is 0.473. The zero-order valence-electron chi connectivity index (χ0n) is 10.4. The third-order valence-corrected chi connectivity index (χ3v) is 3.46. The molecule has 18 heavy (non-hydrogen) atoms. The molecule has 0 aromatic heterocycles. The first kappa shape index (κ1) is 12.5. The van der Waals surface area contributed by atoms with E-state index < -0.39 is 0 Å². The second kappa shape index (κ2) is 5.58. The first-order chi connectivity index (χ1) is 8.70. The first-order valence-corrected chi connectivity index (χ1v) is 6.30. The highest BCUT2D eigenvalue weighted by atomic mass is 14.8. The summed E-state index contributed by atoms with van der Waals surface area (Å²) in [5.74, 6) is 0.796. The second-order valence-electron chi connectivity index (χ2n) is 4.79. The molecule has 1 aliphatic rings. The van der Waals surface area contributed by atoms with Crippen molar-refractivity contribution in [1.82, 2.24) is 5.32 Å². The van der Waals surface area contributed by atoms with Gasteiger partial charge in [0.1, 0.15) is 0 Å². The van der Waals surface area contributed by atoms with Gasteiger partial charge in [-0.2, -0.15) is 0 Å². The minimum atomic E-state index is 0.555. The molecule has 0 spiro atoms. The average molecular weight is 244 g/mol. The van der Waals surface area contributed by atoms with Crippen LogP contribution in [0, 0.1) is 11.3 Å². The van der Waals surface area contributed by atoms with Crippen molar-refractivity contribution in [3.05, 3.63) is 30.0 Å². The molecule has 1 aromatic rings. The molecule has 1 aliphatic carbocycles. The number of benzene rings is 1. The lowest BCUT2D eigenvalue weighted by Crippen LogP contribution is -2.24. The van der Waals surface area contributed by atoms with Gasteiger partial charge >= 0.3 is 0 Å². The summed E-state index contributed by atoms with van der Waals surface area (Å²) >= 11 is 0. The molecule has 4 nitrogen and oxygen atoms in total. The summed E-state index contributed by atoms with van der Waals surface area (Å²) < 4.78 is 0. The van der Waals surface area contributed by atoms with Crippen LogP contribution in [0.5, 0.6) is 0 Å². The van der Waals surface area contributed by atoms with Gasteiger partial charge in [0.25, 0.3) is 0 Å². The maximum atomic E-state index is 7.46. The Morgan fingerprint density at radius 1 is 1.33 bits per heavy atom. The number of anilines is 2. The van der Waals surface area contributed by atoms with Gasteiger partial charge in [0, 0.05) is 24.5 Å². The van der Waals surface area contributed by atoms with Gasteiger partial charge in [0.15, 0.2) is 0 Å². The van der Waals surface area contributed by atoms with Crippen molar-refractivity contribution < 1.29 is 0 Å². The van der Waals surface area contributed by atoms with Gasteiger partial charge in [-0.15, -0.1) is 0 Å². The van der Waals surface area contributed by atoms with Crippen LogP contribution in [0.1, 0.15) is 24.8 Å². The van der Waals surface area contributed by atoms with Crippen molar-refractivity contribution in [2.75, 3.05) is 18.0 Å². The summed E-state index contributed by atoms with van der Waals surface area (Å²) in [5, 5.41) is 10.7. The average Bonchev–Trinajstić information content (AvgIpc) is 2.31. The standard InChI is InChI=1S/C14H20N4/c15-7-12(9-18-8-10-2-1-3-10)11-4-5-13(16)14(17)6-11/h4-7,9-10,15,18H,1-3,8,16-17H2/b12-9+,15-7?. The zero-order chi connectivity index (χ0) is 13.0. The van der Waals surface area contributed by atoms with Crippen LogP contribution >= 0.6 is 0 Å². The van der Waals surface area contributed by atoms with Crippen LogP contribution < -0.4 is 16.8 Å². The highest BCUT2D eigenvalue weighted by Gasteiger charge is 2.15. The maximum absolute atomic E-state index is 7.46. The van der Waals surface area contributed by atoms with Gasteiger partial charge in [-0.3, -0.25) is 0 Å². The third kappa shape index (κ3) is 2.83. The molecule has 0 amide bonds. The largest absolute Gasteiger partial charge is 0.397 e. The topological polar surface area (TPSA) is 87.9 Å². The Labute approximate surface area is 108 Å². The molecule has 6 N–H and O–H groups in total. The summed E-state index contributed by atoms with van der Waals surface area (Å²) in [7, 11) is 0. The number of hydrogen-bond donors (Lipinski definition) is 4. The lowest BCUT2D eigenvalue weighted by atomic mass is 9.85. The maximum Gasteiger partial charge on any atom is 0.0554 e. The van der Waals surface area contributed by atoms with Crippen LogP contribution in [-0.2, 0) is 0 Å². The van der Waals surface area contributed by atoms with Crippen LogP contribution in [0.2, 0.25) is 0 Å². The van der Waals surface area contributed by atoms with Gasteiger partial charge in [-0.25, -0.2) is 0 Å². The van der Waals surface area contributed by atoms with Crippen molar-refractivity contribution in [1.29, 1.82) is 5.41 Å². The summed E-state index contributed by atoms with van der Waals surface area (Å²) in [4.78, 5) is 0. The molecule has 0 aliphatic heterocycles. The Balaban J connectivity index is 2.03. The molecule has 0 unspecified atom stereocenters. The lowest BCUT2D eigenvalue weighted by Gasteiger charge is -2.25. The molecule has 4 heteroatoms. The number of nitrogens with one attached hydrogen (secondary N) is 2. The van der Waals surface area contributed by atoms with Crippen LogP contribution in [0.3, 0.4) is 0 Å². The molecule has 2 rings (SSSR count). The van der Waals surface area contributed by atoms with E-state index in [1.165, 1.54) is 25.5 Å². The smallest absolute Gasteiger partial charge is 0.0554 e. The number of nitrogen functional groups attached to an aromatic ring is 2. The molecular formula is C14H20N4. The summed E-state index contributed by atoms with van der Waals surface area (Å²) in [6.45, 7) is 0.988. The van der Waals surface area contributed by atoms with Gasteiger partial charge < -0.3 is 22.2 Å². The Kier molecular flexibility index (Phi) is 3.87. The van der Waals surface area contributed by atoms with Crippen molar-refractivity contribution >= 4 is 23.2 Å². The number of hydrogen-bond acceptors (Lipinski definition) is 4. The molecule has 0 heterocycles. The van der Waals surface area contributed by atoms with Gasteiger partial charge in [-0.05, 0) is 36.5 Å². The van der Waals surface area contributed by atoms with Gasteiger partial charge in [-0.1, -0.05) is 12.5 Å². The van der Waals surface area contributed by atoms with Crippen molar-refractivity contribution in [3.8, 4) is 0 Å². The van der Waals surface area contributed by atoms with E-state index in [0.29, 0.717) is 11.4 Å². The van der Waals surface area contributed by atoms with E-state index in [0.717, 1.165) is 23.6 Å². The van der Waals surface area contributed by atoms with E-state index in [1.807, 2.05) is 12.3 Å². The number of rotatable bonds is 5. The summed E-state index contributed by atoms with van der Waals surface area (Å²) in [5.41, 5.74) is 14.3. The highest BCUT2D eigenvalue weighted by molar-refractivity contribution is 6.08. The van der Waals surface area contributed by atoms with Crippen molar-refractivity contribution in [3.63, 3.8) is 0 Å². The molecule has 1 saturated carbocycles. The van der Waals surface area contributed by atoms with E-state index in [9.17, 15) is 0 Å². The molecule has 96 valence electrons. The summed E-state index contributed by atoms with van der Waals surface area (Å²) in [6, 6.07) is 5.46. The molecule has 0 radical (unpaired) electrons. The zero-order valence-corrected chi connectivity index (χ0v) is 10.4. The van der Waals surface area contributed by atoms with Crippen LogP contribution in [0.4, 0.5) is 11.4 Å². The van der Waals surface area contributed by atoms with E-state index in [-0.39, 0.29) is 0 Å². The van der Waals surface area contributed by atoms with Crippen molar-refractivity contribution in [2.24, 2.45) is 5.92 Å². The highest BCUT2D eigenvalue weighted by Crippen LogP contribution is 2.25. The number of nitrogens with two attached hydrogens (primary N) is 2. The molecule has 0 bridgehead atoms. The normalized spacial score (nSPS) is 16.1. The van der Waals surface area contributed by atoms with Crippen LogP contribution in [-0.4, -0.2) is 12.8 Å². The molecule has 1 aromatic carbocycles. The molecule has 1 fully saturated rings. The first-order valence-electron chi connectivity index (χ1n) is 6.30. The fourth-order valence-electron chi connectivity index (χ4n) is 2.00. The molecule has 0 atom stereocenters. The third-order valence-electron chi connectivity index (χ3n) is 3.46. The Morgan fingerprint density at radius 3 is 2.67 bits per heavy atom. The fraction of sp³-hybridized carbons (Fsp3) is 0.357. The lowest BCUT2D eigenvalue weighted by molar-refractivity contribution is 0.312. The predicted octanol–water partition coefficient (Wildman–Crippen LogP) is 2.23. The minimum Gasteiger partial charge on any atom is -0.397 e. The van der Waals surface area contributed by atoms with E-state index in [2.05, 4.69) is 5.32 Å². The second-order valence-corrected chi connectivity index (χ2v) is 4.79. The Bertz CT molecular complexity index is 461. The Hall–Kier alpha value is -1.97. The SMILES string of the molecule is N=C/C(=C\NCC1CCC1)c1ccc(N)c(N)c1. The van der Waals surface area contributed by atoms with Gasteiger partial charge in [0.2, 0.25) is 0 Å². The van der Waals surface area contributed by atoms with E-state index >= 15 is 0 Å². The van der Waals surface area contributed by atoms with E-state index in [1.54, 1.807) is 12.1 Å². The van der Waals surface area contributed by atoms with E-state index in [4.69, 9.17) is 16.9 Å². The fourth-order valence-corrected chi connectivity index (χ4v) is 2.00. The van der Waals surface area contributed by atoms with Gasteiger partial charge in [0.05, 0.1) is 11.4 Å². The van der Waals surface area contributed by atoms with Crippen LogP contribution in [0.15, 0.2) is 24.4 Å². The Morgan fingerprint density at radius 2 is 2.11 bits per heavy atom. The number of allylic oxidation sites excluding steroid dienone is 1. The molecular weight excluding hydrogens is 224 g/mol. The predicted molar refractivity (Wildman–Crippen MR) is 77.4 cm³/mol.